The van der Waals surface area contributed by atoms with Crippen LogP contribution in [-0.4, -0.2) is 18.7 Å². The summed E-state index contributed by atoms with van der Waals surface area (Å²) in [6.07, 6.45) is 0. The average molecular weight is 407 g/mol. The zero-order chi connectivity index (χ0) is 21.6. The van der Waals surface area contributed by atoms with Gasteiger partial charge in [-0.05, 0) is 35.9 Å². The highest BCUT2D eigenvalue weighted by Crippen LogP contribution is 2.27. The van der Waals surface area contributed by atoms with Crippen LogP contribution in [0, 0.1) is 17.6 Å². The Morgan fingerprint density at radius 2 is 1.80 bits per heavy atom. The molecule has 152 valence electrons. The highest BCUT2D eigenvalue weighted by atomic mass is 19.1. The Balaban J connectivity index is 2.11. The molecule has 0 aliphatic heterocycles. The second kappa shape index (κ2) is 7.18. The second-order valence-electron chi connectivity index (χ2n) is 7.08. The summed E-state index contributed by atoms with van der Waals surface area (Å²) in [6, 6.07) is 11.2. The van der Waals surface area contributed by atoms with E-state index < -0.39 is 17.1 Å². The van der Waals surface area contributed by atoms with Gasteiger partial charge < -0.3 is 4.57 Å². The summed E-state index contributed by atoms with van der Waals surface area (Å²) in [5, 5.41) is 2.95. The molecule has 0 N–H and O–H groups in total. The fourth-order valence-corrected chi connectivity index (χ4v) is 3.55. The van der Waals surface area contributed by atoms with E-state index in [-0.39, 0.29) is 23.4 Å². The van der Waals surface area contributed by atoms with Crippen LogP contribution >= 0.6 is 0 Å². The van der Waals surface area contributed by atoms with Gasteiger partial charge in [0, 0.05) is 25.2 Å². The first-order valence-electron chi connectivity index (χ1n) is 9.17. The topological polar surface area (TPSA) is 91.2 Å². The predicted octanol–water partition coefficient (Wildman–Crippen LogP) is 2.99. The summed E-state index contributed by atoms with van der Waals surface area (Å²) in [5.74, 6) is -0.0794. The standard InChI is InChI=1S/C21H18FN5O3/c1-12-6-4-9-16(22)15(12)11-27-17-19(25(2)21(29)26(3)20(17)28)23-18(27)13-7-5-8-14(10-13)24-30/h4-10H,11H2,1-3H3. The lowest BCUT2D eigenvalue weighted by Gasteiger charge is -2.13. The molecule has 0 amide bonds. The van der Waals surface area contributed by atoms with E-state index in [1.54, 1.807) is 41.8 Å². The fourth-order valence-electron chi connectivity index (χ4n) is 3.55. The molecule has 2 aromatic carbocycles. The van der Waals surface area contributed by atoms with E-state index in [0.717, 1.165) is 4.57 Å². The molecule has 0 saturated carbocycles. The smallest absolute Gasteiger partial charge is 0.313 e. The number of fused-ring (bicyclic) bond motifs is 1. The largest absolute Gasteiger partial charge is 0.332 e. The van der Waals surface area contributed by atoms with Gasteiger partial charge in [-0.15, -0.1) is 4.91 Å². The number of hydrogen-bond donors (Lipinski definition) is 0. The number of aromatic nitrogens is 4. The van der Waals surface area contributed by atoms with E-state index in [1.165, 1.54) is 30.8 Å². The molecule has 0 atom stereocenters. The number of imidazole rings is 1. The molecule has 8 nitrogen and oxygen atoms in total. The minimum absolute atomic E-state index is 0.0243. The van der Waals surface area contributed by atoms with Gasteiger partial charge in [0.05, 0.1) is 6.54 Å². The van der Waals surface area contributed by atoms with Crippen LogP contribution in [0.2, 0.25) is 0 Å². The first kappa shape index (κ1) is 19.4. The quantitative estimate of drug-likeness (QED) is 0.486. The van der Waals surface area contributed by atoms with Gasteiger partial charge in [-0.3, -0.25) is 13.9 Å². The minimum atomic E-state index is -0.537. The van der Waals surface area contributed by atoms with Gasteiger partial charge in [0.1, 0.15) is 17.3 Å². The molecule has 0 radical (unpaired) electrons. The Labute approximate surface area is 169 Å². The lowest BCUT2D eigenvalue weighted by Crippen LogP contribution is -2.37. The number of halogens is 1. The van der Waals surface area contributed by atoms with Crippen molar-refractivity contribution in [1.29, 1.82) is 0 Å². The Kier molecular flexibility index (Phi) is 4.65. The zero-order valence-electron chi connectivity index (χ0n) is 16.6. The van der Waals surface area contributed by atoms with Gasteiger partial charge >= 0.3 is 5.69 Å². The van der Waals surface area contributed by atoms with Crippen molar-refractivity contribution in [2.75, 3.05) is 0 Å². The van der Waals surface area contributed by atoms with E-state index >= 15 is 0 Å². The van der Waals surface area contributed by atoms with E-state index in [9.17, 15) is 18.9 Å². The van der Waals surface area contributed by atoms with Crippen LogP contribution in [0.3, 0.4) is 0 Å². The molecule has 0 unspecified atom stereocenters. The lowest BCUT2D eigenvalue weighted by molar-refractivity contribution is 0.599. The summed E-state index contributed by atoms with van der Waals surface area (Å²) < 4.78 is 18.4. The molecule has 30 heavy (non-hydrogen) atoms. The molecule has 2 heterocycles. The van der Waals surface area contributed by atoms with Crippen molar-refractivity contribution >= 4 is 16.9 Å². The van der Waals surface area contributed by atoms with Gasteiger partial charge in [-0.2, -0.15) is 0 Å². The van der Waals surface area contributed by atoms with E-state index in [2.05, 4.69) is 10.2 Å². The van der Waals surface area contributed by atoms with Crippen LogP contribution in [0.1, 0.15) is 11.1 Å². The van der Waals surface area contributed by atoms with Gasteiger partial charge in [-0.1, -0.05) is 24.3 Å². The maximum Gasteiger partial charge on any atom is 0.332 e. The molecule has 4 rings (SSSR count). The van der Waals surface area contributed by atoms with Crippen molar-refractivity contribution in [2.24, 2.45) is 19.3 Å². The van der Waals surface area contributed by atoms with Gasteiger partial charge in [0.2, 0.25) is 0 Å². The van der Waals surface area contributed by atoms with Crippen LogP contribution < -0.4 is 11.2 Å². The first-order chi connectivity index (χ1) is 14.3. The van der Waals surface area contributed by atoms with Crippen molar-refractivity contribution in [3.05, 3.63) is 85.2 Å². The highest BCUT2D eigenvalue weighted by Gasteiger charge is 2.21. The molecule has 9 heteroatoms. The number of benzene rings is 2. The summed E-state index contributed by atoms with van der Waals surface area (Å²) in [7, 11) is 2.90. The Hall–Kier alpha value is -3.88. The third kappa shape index (κ3) is 2.95. The average Bonchev–Trinajstić information content (AvgIpc) is 3.13. The molecule has 0 aliphatic rings. The molecular formula is C21H18FN5O3. The van der Waals surface area contributed by atoms with Gasteiger partial charge in [0.25, 0.3) is 5.56 Å². The predicted molar refractivity (Wildman–Crippen MR) is 111 cm³/mol. The summed E-state index contributed by atoms with van der Waals surface area (Å²) in [5.41, 5.74) is 1.12. The lowest BCUT2D eigenvalue weighted by atomic mass is 10.1. The molecule has 2 aromatic heterocycles. The number of aryl methyl sites for hydroxylation is 2. The molecule has 0 spiro atoms. The van der Waals surface area contributed by atoms with Gasteiger partial charge in [-0.25, -0.2) is 14.2 Å². The maximum atomic E-state index is 14.6. The molecular weight excluding hydrogens is 389 g/mol. The van der Waals surface area contributed by atoms with Crippen molar-refractivity contribution in [2.45, 2.75) is 13.5 Å². The normalized spacial score (nSPS) is 11.2. The Bertz CT molecular complexity index is 1410. The summed E-state index contributed by atoms with van der Waals surface area (Å²) in [6.45, 7) is 1.80. The minimum Gasteiger partial charge on any atom is -0.313 e. The molecule has 0 aliphatic carbocycles. The van der Waals surface area contributed by atoms with E-state index in [0.29, 0.717) is 22.5 Å². The maximum absolute atomic E-state index is 14.6. The third-order valence-corrected chi connectivity index (χ3v) is 5.23. The number of nitroso groups, excluding NO2 is 1. The van der Waals surface area contributed by atoms with Crippen LogP contribution in [-0.2, 0) is 20.6 Å². The number of rotatable bonds is 4. The third-order valence-electron chi connectivity index (χ3n) is 5.23. The van der Waals surface area contributed by atoms with Crippen molar-refractivity contribution in [3.8, 4) is 11.4 Å². The van der Waals surface area contributed by atoms with Crippen molar-refractivity contribution in [1.82, 2.24) is 18.7 Å². The first-order valence-corrected chi connectivity index (χ1v) is 9.17. The van der Waals surface area contributed by atoms with Crippen LogP contribution in [0.25, 0.3) is 22.6 Å². The summed E-state index contributed by atoms with van der Waals surface area (Å²) in [4.78, 5) is 40.9. The van der Waals surface area contributed by atoms with E-state index in [4.69, 9.17) is 0 Å². The molecule has 0 saturated heterocycles. The molecule has 0 bridgehead atoms. The second-order valence-corrected chi connectivity index (χ2v) is 7.08. The van der Waals surface area contributed by atoms with Crippen molar-refractivity contribution < 1.29 is 4.39 Å². The monoisotopic (exact) mass is 407 g/mol. The Morgan fingerprint density at radius 1 is 1.07 bits per heavy atom. The molecule has 4 aromatic rings. The van der Waals surface area contributed by atoms with Crippen molar-refractivity contribution in [3.63, 3.8) is 0 Å². The fraction of sp³-hybridized carbons (Fsp3) is 0.190. The highest BCUT2D eigenvalue weighted by molar-refractivity contribution is 5.78. The SMILES string of the molecule is Cc1cccc(F)c1Cn1c(-c2cccc(N=O)c2)nc2c1c(=O)n(C)c(=O)n2C. The van der Waals surface area contributed by atoms with Crippen LogP contribution in [0.5, 0.6) is 0 Å². The Morgan fingerprint density at radius 3 is 2.50 bits per heavy atom. The van der Waals surface area contributed by atoms with Gasteiger partial charge in [0.15, 0.2) is 11.2 Å². The van der Waals surface area contributed by atoms with Crippen LogP contribution in [0.4, 0.5) is 10.1 Å². The summed E-state index contributed by atoms with van der Waals surface area (Å²) >= 11 is 0. The van der Waals surface area contributed by atoms with Crippen LogP contribution in [0.15, 0.2) is 57.2 Å². The molecule has 0 fully saturated rings. The number of hydrogen-bond acceptors (Lipinski definition) is 5. The number of nitrogens with zero attached hydrogens (tertiary/aromatic N) is 5. The van der Waals surface area contributed by atoms with E-state index in [1.807, 2.05) is 0 Å². The zero-order valence-corrected chi connectivity index (χ0v) is 16.6.